The zero-order chi connectivity index (χ0) is 15.4. The van der Waals surface area contributed by atoms with Gasteiger partial charge in [-0.15, -0.1) is 11.8 Å². The second-order valence-electron chi connectivity index (χ2n) is 5.25. The van der Waals surface area contributed by atoms with Crippen molar-refractivity contribution in [2.24, 2.45) is 0 Å². The van der Waals surface area contributed by atoms with E-state index in [0.29, 0.717) is 10.7 Å². The molecule has 1 amide bonds. The summed E-state index contributed by atoms with van der Waals surface area (Å²) in [6.07, 6.45) is 2.12. The van der Waals surface area contributed by atoms with E-state index in [1.54, 1.807) is 17.8 Å². The summed E-state index contributed by atoms with van der Waals surface area (Å²) >= 11 is 7.78. The van der Waals surface area contributed by atoms with Crippen LogP contribution in [-0.4, -0.2) is 28.9 Å². The molecule has 0 spiro atoms. The number of rotatable bonds is 4. The zero-order valence-corrected chi connectivity index (χ0v) is 13.7. The van der Waals surface area contributed by atoms with Gasteiger partial charge >= 0.3 is 0 Å². The quantitative estimate of drug-likeness (QED) is 0.784. The third kappa shape index (κ3) is 3.62. The van der Waals surface area contributed by atoms with Gasteiger partial charge in [-0.25, -0.2) is 4.98 Å². The number of likely N-dealkylation sites (tertiary alicyclic amines) is 1. The Bertz CT molecular complexity index is 657. The number of benzene rings is 1. The van der Waals surface area contributed by atoms with Crippen molar-refractivity contribution in [3.05, 3.63) is 58.7 Å². The number of amides is 1. The number of hydrogen-bond donors (Lipinski definition) is 0. The third-order valence-corrected chi connectivity index (χ3v) is 4.95. The highest BCUT2D eigenvalue weighted by Gasteiger charge is 2.23. The Labute approximate surface area is 139 Å². The molecular formula is C17H17ClN2OS. The topological polar surface area (TPSA) is 33.2 Å². The largest absolute Gasteiger partial charge is 0.337 e. The summed E-state index contributed by atoms with van der Waals surface area (Å²) < 4.78 is 0. The van der Waals surface area contributed by atoms with E-state index >= 15 is 0 Å². The van der Waals surface area contributed by atoms with E-state index in [4.69, 9.17) is 11.6 Å². The molecular weight excluding hydrogens is 316 g/mol. The molecule has 22 heavy (non-hydrogen) atoms. The highest BCUT2D eigenvalue weighted by atomic mass is 35.5. The second-order valence-corrected chi connectivity index (χ2v) is 6.66. The number of carbonyl (C=O) groups excluding carboxylic acids is 1. The van der Waals surface area contributed by atoms with Gasteiger partial charge in [0.2, 0.25) is 0 Å². The lowest BCUT2D eigenvalue weighted by Gasteiger charge is -2.15. The van der Waals surface area contributed by atoms with E-state index in [9.17, 15) is 4.79 Å². The summed E-state index contributed by atoms with van der Waals surface area (Å²) in [6, 6.07) is 13.9. The van der Waals surface area contributed by atoms with Gasteiger partial charge in [-0.3, -0.25) is 4.79 Å². The van der Waals surface area contributed by atoms with Crippen molar-refractivity contribution in [2.75, 3.05) is 13.1 Å². The fourth-order valence-corrected chi connectivity index (χ4v) is 3.47. The van der Waals surface area contributed by atoms with Crippen LogP contribution in [0.1, 0.15) is 28.9 Å². The van der Waals surface area contributed by atoms with Gasteiger partial charge < -0.3 is 4.90 Å². The van der Waals surface area contributed by atoms with E-state index in [2.05, 4.69) is 17.1 Å². The molecule has 0 saturated carbocycles. The molecule has 2 aromatic rings. The van der Waals surface area contributed by atoms with Crippen LogP contribution in [0.25, 0.3) is 0 Å². The molecule has 0 radical (unpaired) electrons. The number of carbonyl (C=O) groups is 1. The molecule has 3 rings (SSSR count). The molecule has 1 fully saturated rings. The predicted octanol–water partition coefficient (Wildman–Crippen LogP) is 4.26. The molecule has 1 aromatic heterocycles. The van der Waals surface area contributed by atoms with Crippen molar-refractivity contribution in [2.45, 2.75) is 23.6 Å². The number of pyridine rings is 1. The van der Waals surface area contributed by atoms with Crippen LogP contribution in [0.15, 0.2) is 47.5 Å². The first-order chi connectivity index (χ1) is 10.7. The molecule has 3 nitrogen and oxygen atoms in total. The lowest BCUT2D eigenvalue weighted by molar-refractivity contribution is 0.0786. The third-order valence-electron chi connectivity index (χ3n) is 3.65. The maximum Gasteiger partial charge on any atom is 0.274 e. The molecule has 0 atom stereocenters. The molecule has 1 aliphatic heterocycles. The van der Waals surface area contributed by atoms with Crippen LogP contribution in [0.3, 0.4) is 0 Å². The summed E-state index contributed by atoms with van der Waals surface area (Å²) in [5.41, 5.74) is 1.61. The second kappa shape index (κ2) is 7.16. The standard InChI is InChI=1S/C17H17ClN2OS/c18-14-8-9-15(22-12-13-6-2-1-3-7-13)19-16(14)17(21)20-10-4-5-11-20/h1-3,6-9H,4-5,10-12H2. The number of thioether (sulfide) groups is 1. The maximum absolute atomic E-state index is 12.5. The van der Waals surface area contributed by atoms with Gasteiger partial charge in [-0.2, -0.15) is 0 Å². The summed E-state index contributed by atoms with van der Waals surface area (Å²) in [6.45, 7) is 1.61. The maximum atomic E-state index is 12.5. The fourth-order valence-electron chi connectivity index (χ4n) is 2.46. The summed E-state index contributed by atoms with van der Waals surface area (Å²) in [5, 5.41) is 1.26. The lowest BCUT2D eigenvalue weighted by atomic mass is 10.2. The zero-order valence-electron chi connectivity index (χ0n) is 12.2. The smallest absolute Gasteiger partial charge is 0.274 e. The van der Waals surface area contributed by atoms with Crippen LogP contribution in [0.2, 0.25) is 5.02 Å². The summed E-state index contributed by atoms with van der Waals surface area (Å²) in [7, 11) is 0. The van der Waals surface area contributed by atoms with Crippen LogP contribution in [0, 0.1) is 0 Å². The Morgan fingerprint density at radius 1 is 1.14 bits per heavy atom. The Morgan fingerprint density at radius 2 is 1.86 bits per heavy atom. The Morgan fingerprint density at radius 3 is 2.59 bits per heavy atom. The van der Waals surface area contributed by atoms with Crippen molar-refractivity contribution >= 4 is 29.3 Å². The lowest BCUT2D eigenvalue weighted by Crippen LogP contribution is -2.28. The van der Waals surface area contributed by atoms with Gasteiger partial charge in [0, 0.05) is 18.8 Å². The normalized spacial score (nSPS) is 14.3. The number of aromatic nitrogens is 1. The Balaban J connectivity index is 1.73. The average molecular weight is 333 g/mol. The average Bonchev–Trinajstić information content (AvgIpc) is 3.09. The fraction of sp³-hybridized carbons (Fsp3) is 0.294. The summed E-state index contributed by atoms with van der Waals surface area (Å²) in [4.78, 5) is 18.8. The monoisotopic (exact) mass is 332 g/mol. The number of nitrogens with zero attached hydrogens (tertiary/aromatic N) is 2. The van der Waals surface area contributed by atoms with Crippen molar-refractivity contribution in [3.8, 4) is 0 Å². The molecule has 114 valence electrons. The van der Waals surface area contributed by atoms with Crippen LogP contribution < -0.4 is 0 Å². The van der Waals surface area contributed by atoms with Crippen LogP contribution in [-0.2, 0) is 5.75 Å². The molecule has 0 N–H and O–H groups in total. The minimum absolute atomic E-state index is 0.0512. The van der Waals surface area contributed by atoms with Crippen LogP contribution >= 0.6 is 23.4 Å². The molecule has 0 unspecified atom stereocenters. The van der Waals surface area contributed by atoms with Crippen LogP contribution in [0.5, 0.6) is 0 Å². The molecule has 1 saturated heterocycles. The van der Waals surface area contributed by atoms with Crippen LogP contribution in [0.4, 0.5) is 0 Å². The first kappa shape index (κ1) is 15.4. The summed E-state index contributed by atoms with van der Waals surface area (Å²) in [5.74, 6) is 0.775. The first-order valence-corrected chi connectivity index (χ1v) is 8.73. The van der Waals surface area contributed by atoms with Gasteiger partial charge in [-0.1, -0.05) is 41.9 Å². The predicted molar refractivity (Wildman–Crippen MR) is 90.4 cm³/mol. The highest BCUT2D eigenvalue weighted by molar-refractivity contribution is 7.98. The van der Waals surface area contributed by atoms with Crippen molar-refractivity contribution < 1.29 is 4.79 Å². The molecule has 0 bridgehead atoms. The van der Waals surface area contributed by atoms with Crippen molar-refractivity contribution in [1.82, 2.24) is 9.88 Å². The van der Waals surface area contributed by atoms with E-state index in [1.807, 2.05) is 29.2 Å². The van der Waals surface area contributed by atoms with Gasteiger partial charge in [0.15, 0.2) is 0 Å². The molecule has 1 aromatic carbocycles. The van der Waals surface area contributed by atoms with E-state index < -0.39 is 0 Å². The Hall–Kier alpha value is -1.52. The van der Waals surface area contributed by atoms with Gasteiger partial charge in [0.25, 0.3) is 5.91 Å². The molecule has 5 heteroatoms. The van der Waals surface area contributed by atoms with Crippen molar-refractivity contribution in [1.29, 1.82) is 0 Å². The van der Waals surface area contributed by atoms with Gasteiger partial charge in [0.05, 0.1) is 10.0 Å². The van der Waals surface area contributed by atoms with Gasteiger partial charge in [0.1, 0.15) is 5.69 Å². The highest BCUT2D eigenvalue weighted by Crippen LogP contribution is 2.25. The molecule has 1 aliphatic rings. The van der Waals surface area contributed by atoms with Crippen molar-refractivity contribution in [3.63, 3.8) is 0 Å². The molecule has 0 aliphatic carbocycles. The Kier molecular flexibility index (Phi) is 5.01. The van der Waals surface area contributed by atoms with Gasteiger partial charge in [-0.05, 0) is 30.5 Å². The first-order valence-electron chi connectivity index (χ1n) is 7.36. The van der Waals surface area contributed by atoms with E-state index in [1.165, 1.54) is 5.56 Å². The van der Waals surface area contributed by atoms with E-state index in [0.717, 1.165) is 36.7 Å². The van der Waals surface area contributed by atoms with E-state index in [-0.39, 0.29) is 5.91 Å². The molecule has 2 heterocycles. The number of halogens is 1. The SMILES string of the molecule is O=C(c1nc(SCc2ccccc2)ccc1Cl)N1CCCC1. The number of hydrogen-bond acceptors (Lipinski definition) is 3. The minimum atomic E-state index is -0.0512. The minimum Gasteiger partial charge on any atom is -0.337 e.